The van der Waals surface area contributed by atoms with Crippen LogP contribution >= 0.6 is 11.6 Å². The molecule has 10 heteroatoms. The molecular weight excluding hydrogens is 302 g/mol. The zero-order valence-electron chi connectivity index (χ0n) is 10.8. The van der Waals surface area contributed by atoms with Crippen molar-refractivity contribution in [3.8, 4) is 17.8 Å². The fourth-order valence-corrected chi connectivity index (χ4v) is 1.58. The van der Waals surface area contributed by atoms with E-state index in [0.717, 1.165) is 6.07 Å². The molecule has 9 nitrogen and oxygen atoms in total. The Hall–Kier alpha value is -2.68. The number of benzene rings is 1. The van der Waals surface area contributed by atoms with E-state index in [-0.39, 0.29) is 34.4 Å². The minimum absolute atomic E-state index is 0.0309. The van der Waals surface area contributed by atoms with Gasteiger partial charge < -0.3 is 15.2 Å². The maximum Gasteiger partial charge on any atom is 0.330 e. The van der Waals surface area contributed by atoms with E-state index in [0.29, 0.717) is 6.61 Å². The first kappa shape index (κ1) is 14.7. The molecule has 0 aliphatic heterocycles. The predicted molar refractivity (Wildman–Crippen MR) is 73.6 cm³/mol. The van der Waals surface area contributed by atoms with Crippen LogP contribution in [0, 0.1) is 10.1 Å². The summed E-state index contributed by atoms with van der Waals surface area (Å²) in [6, 6.07) is 3.69. The van der Waals surface area contributed by atoms with Crippen molar-refractivity contribution in [1.29, 1.82) is 0 Å². The van der Waals surface area contributed by atoms with Crippen molar-refractivity contribution >= 4 is 23.2 Å². The van der Waals surface area contributed by atoms with Gasteiger partial charge in [0.1, 0.15) is 0 Å². The highest BCUT2D eigenvalue weighted by Crippen LogP contribution is 2.32. The van der Waals surface area contributed by atoms with Gasteiger partial charge in [-0.3, -0.25) is 10.1 Å². The summed E-state index contributed by atoms with van der Waals surface area (Å²) >= 11 is 5.71. The van der Waals surface area contributed by atoms with Gasteiger partial charge in [-0.25, -0.2) is 0 Å². The minimum Gasteiger partial charge on any atom is -0.464 e. The van der Waals surface area contributed by atoms with Crippen molar-refractivity contribution < 1.29 is 14.4 Å². The molecule has 0 saturated carbocycles. The van der Waals surface area contributed by atoms with E-state index in [1.807, 2.05) is 0 Å². The summed E-state index contributed by atoms with van der Waals surface area (Å²) in [6.45, 7) is 2.06. The third kappa shape index (κ3) is 3.66. The van der Waals surface area contributed by atoms with Crippen LogP contribution in [0.25, 0.3) is 0 Å². The number of aromatic nitrogens is 3. The Morgan fingerprint density at radius 1 is 1.33 bits per heavy atom. The lowest BCUT2D eigenvalue weighted by Crippen LogP contribution is -2.05. The van der Waals surface area contributed by atoms with Crippen LogP contribution in [0.5, 0.6) is 17.8 Å². The molecule has 0 amide bonds. The molecule has 0 aliphatic rings. The van der Waals surface area contributed by atoms with Crippen LogP contribution in [0.15, 0.2) is 18.2 Å². The number of halogens is 1. The predicted octanol–water partition coefficient (Wildman–Crippen LogP) is 2.21. The summed E-state index contributed by atoms with van der Waals surface area (Å²) in [5.74, 6) is -0.197. The van der Waals surface area contributed by atoms with E-state index in [1.165, 1.54) is 12.1 Å². The van der Waals surface area contributed by atoms with Gasteiger partial charge in [0.15, 0.2) is 0 Å². The lowest BCUT2D eigenvalue weighted by atomic mass is 10.3. The molecule has 0 atom stereocenters. The van der Waals surface area contributed by atoms with Gasteiger partial charge in [-0.1, -0.05) is 11.6 Å². The molecule has 1 aromatic heterocycles. The molecule has 21 heavy (non-hydrogen) atoms. The number of hydrogen-bond acceptors (Lipinski definition) is 8. The Morgan fingerprint density at radius 2 is 2.05 bits per heavy atom. The number of hydrogen-bond donors (Lipinski definition) is 1. The lowest BCUT2D eigenvalue weighted by Gasteiger charge is -2.07. The Morgan fingerprint density at radius 3 is 2.71 bits per heavy atom. The third-order valence-electron chi connectivity index (χ3n) is 2.20. The van der Waals surface area contributed by atoms with Crippen LogP contribution < -0.4 is 15.2 Å². The van der Waals surface area contributed by atoms with Gasteiger partial charge >= 0.3 is 17.7 Å². The molecule has 110 valence electrons. The number of nitrogens with two attached hydrogens (primary N) is 1. The second-order valence-corrected chi connectivity index (χ2v) is 4.10. The second kappa shape index (κ2) is 6.18. The van der Waals surface area contributed by atoms with Crippen molar-refractivity contribution in [2.75, 3.05) is 12.3 Å². The Labute approximate surface area is 123 Å². The van der Waals surface area contributed by atoms with Crippen molar-refractivity contribution in [3.63, 3.8) is 0 Å². The number of ether oxygens (including phenoxy) is 2. The zero-order chi connectivity index (χ0) is 15.4. The number of nitro groups is 1. The molecule has 0 saturated heterocycles. The van der Waals surface area contributed by atoms with E-state index >= 15 is 0 Å². The van der Waals surface area contributed by atoms with Gasteiger partial charge in [-0.15, -0.1) is 4.98 Å². The van der Waals surface area contributed by atoms with Crippen LogP contribution in [0.1, 0.15) is 6.92 Å². The van der Waals surface area contributed by atoms with Crippen molar-refractivity contribution in [2.45, 2.75) is 6.92 Å². The average molecular weight is 312 g/mol. The summed E-state index contributed by atoms with van der Waals surface area (Å²) in [6.07, 6.45) is 0. The summed E-state index contributed by atoms with van der Waals surface area (Å²) in [4.78, 5) is 21.6. The van der Waals surface area contributed by atoms with E-state index in [1.54, 1.807) is 6.92 Å². The van der Waals surface area contributed by atoms with Crippen LogP contribution in [-0.2, 0) is 0 Å². The van der Waals surface area contributed by atoms with E-state index < -0.39 is 4.92 Å². The van der Waals surface area contributed by atoms with E-state index in [4.69, 9.17) is 26.8 Å². The van der Waals surface area contributed by atoms with Crippen LogP contribution in [0.2, 0.25) is 5.02 Å². The number of nitrogen functional groups attached to an aromatic ring is 1. The Kier molecular flexibility index (Phi) is 4.33. The first-order valence-corrected chi connectivity index (χ1v) is 6.13. The van der Waals surface area contributed by atoms with Crippen molar-refractivity contribution in [1.82, 2.24) is 15.0 Å². The summed E-state index contributed by atoms with van der Waals surface area (Å²) in [5, 5.41) is 11.2. The quantitative estimate of drug-likeness (QED) is 0.657. The fourth-order valence-electron chi connectivity index (χ4n) is 1.41. The smallest absolute Gasteiger partial charge is 0.330 e. The largest absolute Gasteiger partial charge is 0.464 e. The number of nitro benzene ring substituents is 1. The molecule has 1 heterocycles. The highest BCUT2D eigenvalue weighted by atomic mass is 35.5. The Balaban J connectivity index is 2.36. The molecule has 0 aliphatic carbocycles. The number of nitrogens with zero attached hydrogens (tertiary/aromatic N) is 4. The lowest BCUT2D eigenvalue weighted by molar-refractivity contribution is -0.385. The molecule has 0 radical (unpaired) electrons. The van der Waals surface area contributed by atoms with Gasteiger partial charge in [0, 0.05) is 11.1 Å². The normalized spacial score (nSPS) is 10.2. The third-order valence-corrected chi connectivity index (χ3v) is 2.44. The molecule has 2 rings (SSSR count). The molecule has 1 aromatic carbocycles. The second-order valence-electron chi connectivity index (χ2n) is 3.66. The molecular formula is C11H10ClN5O4. The van der Waals surface area contributed by atoms with Gasteiger partial charge in [-0.2, -0.15) is 9.97 Å². The molecule has 0 unspecified atom stereocenters. The molecule has 0 bridgehead atoms. The number of anilines is 1. The monoisotopic (exact) mass is 311 g/mol. The van der Waals surface area contributed by atoms with Gasteiger partial charge in [0.25, 0.3) is 0 Å². The number of rotatable bonds is 5. The van der Waals surface area contributed by atoms with Crippen molar-refractivity contribution in [3.05, 3.63) is 33.3 Å². The molecule has 0 fully saturated rings. The van der Waals surface area contributed by atoms with E-state index in [2.05, 4.69) is 15.0 Å². The highest BCUT2D eigenvalue weighted by Gasteiger charge is 2.18. The van der Waals surface area contributed by atoms with Crippen LogP contribution in [0.4, 0.5) is 11.6 Å². The summed E-state index contributed by atoms with van der Waals surface area (Å²) in [7, 11) is 0. The first-order valence-electron chi connectivity index (χ1n) is 5.75. The van der Waals surface area contributed by atoms with Gasteiger partial charge in [0.05, 0.1) is 11.5 Å². The maximum absolute atomic E-state index is 11.0. The minimum atomic E-state index is -0.630. The van der Waals surface area contributed by atoms with Gasteiger partial charge in [0.2, 0.25) is 11.7 Å². The fraction of sp³-hybridized carbons (Fsp3) is 0.182. The van der Waals surface area contributed by atoms with Gasteiger partial charge in [-0.05, 0) is 19.1 Å². The van der Waals surface area contributed by atoms with Crippen LogP contribution in [0.3, 0.4) is 0 Å². The topological polar surface area (TPSA) is 126 Å². The maximum atomic E-state index is 11.0. The van der Waals surface area contributed by atoms with E-state index in [9.17, 15) is 10.1 Å². The van der Waals surface area contributed by atoms with Crippen LogP contribution in [-0.4, -0.2) is 26.5 Å². The summed E-state index contributed by atoms with van der Waals surface area (Å²) < 4.78 is 10.4. The van der Waals surface area contributed by atoms with Crippen molar-refractivity contribution in [2.24, 2.45) is 0 Å². The molecule has 2 aromatic rings. The standard InChI is InChI=1S/C11H10ClN5O4/c1-2-20-10-14-9(13)15-11(16-10)21-8-4-3-6(12)5-7(8)17(18)19/h3-5H,2H2,1H3,(H2,13,14,15,16). The Bertz CT molecular complexity index is 682. The molecule has 2 N–H and O–H groups in total. The molecule has 0 spiro atoms. The summed E-state index contributed by atoms with van der Waals surface area (Å²) in [5.41, 5.74) is 5.17. The SMILES string of the molecule is CCOc1nc(N)nc(Oc2ccc(Cl)cc2[N+](=O)[O-])n1. The first-order chi connectivity index (χ1) is 9.99. The highest BCUT2D eigenvalue weighted by molar-refractivity contribution is 6.30. The average Bonchev–Trinajstić information content (AvgIpc) is 2.40. The zero-order valence-corrected chi connectivity index (χ0v) is 11.6.